The first kappa shape index (κ1) is 14.0. The molecule has 102 valence electrons. The minimum absolute atomic E-state index is 0.776. The van der Waals surface area contributed by atoms with Crippen LogP contribution < -0.4 is 5.32 Å². The Bertz CT molecular complexity index is 571. The van der Waals surface area contributed by atoms with Crippen molar-refractivity contribution in [2.75, 3.05) is 7.05 Å². The van der Waals surface area contributed by atoms with Crippen molar-refractivity contribution in [3.63, 3.8) is 0 Å². The van der Waals surface area contributed by atoms with Crippen molar-refractivity contribution in [2.45, 2.75) is 37.5 Å². The van der Waals surface area contributed by atoms with Gasteiger partial charge in [-0.15, -0.1) is 0 Å². The van der Waals surface area contributed by atoms with Crippen LogP contribution in [0.5, 0.6) is 0 Å². The van der Waals surface area contributed by atoms with Crippen LogP contribution in [-0.2, 0) is 13.6 Å². The molecule has 6 heteroatoms. The van der Waals surface area contributed by atoms with Gasteiger partial charge >= 0.3 is 0 Å². The van der Waals surface area contributed by atoms with E-state index in [4.69, 9.17) is 0 Å². The number of hydrogen-bond acceptors (Lipinski definition) is 5. The standard InChI is InChI=1S/C13H19N5S/c1-8-6-9(2)16-13(15-8)19-12-11(7-14-4)10(3)17-18(12)5/h6,14H,7H2,1-5H3. The topological polar surface area (TPSA) is 55.6 Å². The van der Waals surface area contributed by atoms with Crippen molar-refractivity contribution >= 4 is 11.8 Å². The maximum absolute atomic E-state index is 4.47. The number of rotatable bonds is 4. The smallest absolute Gasteiger partial charge is 0.194 e. The fraction of sp³-hybridized carbons (Fsp3) is 0.462. The van der Waals surface area contributed by atoms with E-state index in [0.717, 1.165) is 33.8 Å². The Morgan fingerprint density at radius 1 is 1.21 bits per heavy atom. The molecule has 19 heavy (non-hydrogen) atoms. The second-order valence-corrected chi connectivity index (χ2v) is 5.51. The maximum Gasteiger partial charge on any atom is 0.194 e. The molecule has 0 radical (unpaired) electrons. The Labute approximate surface area is 117 Å². The minimum atomic E-state index is 0.776. The summed E-state index contributed by atoms with van der Waals surface area (Å²) in [6.07, 6.45) is 0. The first-order valence-electron chi connectivity index (χ1n) is 6.18. The summed E-state index contributed by atoms with van der Waals surface area (Å²) >= 11 is 1.57. The van der Waals surface area contributed by atoms with E-state index in [0.29, 0.717) is 0 Å². The lowest BCUT2D eigenvalue weighted by Gasteiger charge is -2.06. The van der Waals surface area contributed by atoms with Crippen molar-refractivity contribution in [1.82, 2.24) is 25.1 Å². The van der Waals surface area contributed by atoms with Gasteiger partial charge in [0.1, 0.15) is 5.03 Å². The van der Waals surface area contributed by atoms with E-state index < -0.39 is 0 Å². The molecule has 0 atom stereocenters. The number of nitrogens with one attached hydrogen (secondary N) is 1. The molecular weight excluding hydrogens is 258 g/mol. The molecule has 1 N–H and O–H groups in total. The summed E-state index contributed by atoms with van der Waals surface area (Å²) in [6.45, 7) is 6.80. The van der Waals surface area contributed by atoms with E-state index in [1.54, 1.807) is 11.8 Å². The third kappa shape index (κ3) is 3.13. The van der Waals surface area contributed by atoms with Crippen molar-refractivity contribution < 1.29 is 0 Å². The van der Waals surface area contributed by atoms with Crippen LogP contribution in [0.25, 0.3) is 0 Å². The molecule has 5 nitrogen and oxygen atoms in total. The molecule has 0 amide bonds. The Hall–Kier alpha value is -1.40. The van der Waals surface area contributed by atoms with Crippen LogP contribution in [0.15, 0.2) is 16.2 Å². The summed E-state index contributed by atoms with van der Waals surface area (Å²) in [5, 5.41) is 9.52. The lowest BCUT2D eigenvalue weighted by molar-refractivity contribution is 0.682. The SMILES string of the molecule is CNCc1c(C)nn(C)c1Sc1nc(C)cc(C)n1. The molecule has 0 saturated carbocycles. The molecule has 2 heterocycles. The third-order valence-electron chi connectivity index (χ3n) is 2.79. The van der Waals surface area contributed by atoms with E-state index >= 15 is 0 Å². The lowest BCUT2D eigenvalue weighted by atomic mass is 10.3. The van der Waals surface area contributed by atoms with Crippen molar-refractivity contribution in [2.24, 2.45) is 7.05 Å². The zero-order valence-corrected chi connectivity index (χ0v) is 12.8. The summed E-state index contributed by atoms with van der Waals surface area (Å²) in [5.41, 5.74) is 4.23. The highest BCUT2D eigenvalue weighted by Gasteiger charge is 2.15. The Kier molecular flexibility index (Phi) is 4.21. The normalized spacial score (nSPS) is 11.0. The Balaban J connectivity index is 2.37. The van der Waals surface area contributed by atoms with E-state index in [9.17, 15) is 0 Å². The van der Waals surface area contributed by atoms with Crippen LogP contribution in [0.3, 0.4) is 0 Å². The van der Waals surface area contributed by atoms with Gasteiger partial charge in [0, 0.05) is 30.5 Å². The highest BCUT2D eigenvalue weighted by atomic mass is 32.2. The molecule has 0 aliphatic rings. The summed E-state index contributed by atoms with van der Waals surface area (Å²) in [4.78, 5) is 8.94. The Morgan fingerprint density at radius 3 is 2.42 bits per heavy atom. The van der Waals surface area contributed by atoms with Gasteiger partial charge in [0.15, 0.2) is 5.16 Å². The first-order valence-corrected chi connectivity index (χ1v) is 7.00. The molecule has 0 fully saturated rings. The van der Waals surface area contributed by atoms with Gasteiger partial charge in [-0.3, -0.25) is 4.68 Å². The molecule has 0 spiro atoms. The second kappa shape index (κ2) is 5.71. The summed E-state index contributed by atoms with van der Waals surface area (Å²) < 4.78 is 1.90. The molecule has 2 aromatic heterocycles. The highest BCUT2D eigenvalue weighted by Crippen LogP contribution is 2.29. The number of aryl methyl sites for hydroxylation is 4. The van der Waals surface area contributed by atoms with E-state index in [1.165, 1.54) is 5.56 Å². The summed E-state index contributed by atoms with van der Waals surface area (Å²) in [7, 11) is 3.89. The van der Waals surface area contributed by atoms with Crippen LogP contribution in [0.1, 0.15) is 22.6 Å². The number of hydrogen-bond donors (Lipinski definition) is 1. The summed E-state index contributed by atoms with van der Waals surface area (Å²) in [5.74, 6) is 0. The van der Waals surface area contributed by atoms with E-state index in [-0.39, 0.29) is 0 Å². The van der Waals surface area contributed by atoms with Crippen molar-refractivity contribution in [3.05, 3.63) is 28.7 Å². The van der Waals surface area contributed by atoms with Crippen LogP contribution in [0.2, 0.25) is 0 Å². The van der Waals surface area contributed by atoms with Gasteiger partial charge in [0.05, 0.1) is 5.69 Å². The predicted octanol–water partition coefficient (Wildman–Crippen LogP) is 2.01. The number of aromatic nitrogens is 4. The van der Waals surface area contributed by atoms with Gasteiger partial charge in [0.25, 0.3) is 0 Å². The molecule has 0 bridgehead atoms. The summed E-state index contributed by atoms with van der Waals surface area (Å²) in [6, 6.07) is 1.98. The zero-order chi connectivity index (χ0) is 14.0. The molecule has 2 aromatic rings. The van der Waals surface area contributed by atoms with Gasteiger partial charge in [0.2, 0.25) is 0 Å². The molecule has 0 aromatic carbocycles. The van der Waals surface area contributed by atoms with Gasteiger partial charge in [-0.1, -0.05) is 0 Å². The van der Waals surface area contributed by atoms with Crippen LogP contribution in [0.4, 0.5) is 0 Å². The monoisotopic (exact) mass is 277 g/mol. The molecule has 0 saturated heterocycles. The predicted molar refractivity (Wildman–Crippen MR) is 76.3 cm³/mol. The first-order chi connectivity index (χ1) is 9.01. The fourth-order valence-corrected chi connectivity index (χ4v) is 3.08. The quantitative estimate of drug-likeness (QED) is 0.866. The molecule has 0 aliphatic carbocycles. The molecule has 0 aliphatic heterocycles. The number of nitrogens with zero attached hydrogens (tertiary/aromatic N) is 4. The van der Waals surface area contributed by atoms with Crippen molar-refractivity contribution in [1.29, 1.82) is 0 Å². The van der Waals surface area contributed by atoms with Gasteiger partial charge in [-0.05, 0) is 45.6 Å². The van der Waals surface area contributed by atoms with E-state index in [2.05, 4.69) is 20.4 Å². The van der Waals surface area contributed by atoms with Gasteiger partial charge in [-0.25, -0.2) is 9.97 Å². The second-order valence-electron chi connectivity index (χ2n) is 4.56. The zero-order valence-electron chi connectivity index (χ0n) is 12.0. The molecule has 0 unspecified atom stereocenters. The van der Waals surface area contributed by atoms with Gasteiger partial charge < -0.3 is 5.32 Å². The van der Waals surface area contributed by atoms with Crippen LogP contribution >= 0.6 is 11.8 Å². The third-order valence-corrected chi connectivity index (χ3v) is 3.86. The van der Waals surface area contributed by atoms with Crippen LogP contribution in [0, 0.1) is 20.8 Å². The van der Waals surface area contributed by atoms with Gasteiger partial charge in [-0.2, -0.15) is 5.10 Å². The Morgan fingerprint density at radius 2 is 1.84 bits per heavy atom. The van der Waals surface area contributed by atoms with E-state index in [1.807, 2.05) is 45.6 Å². The largest absolute Gasteiger partial charge is 0.316 e. The van der Waals surface area contributed by atoms with Crippen LogP contribution in [-0.4, -0.2) is 26.8 Å². The average molecular weight is 277 g/mol. The lowest BCUT2D eigenvalue weighted by Crippen LogP contribution is -2.07. The fourth-order valence-electron chi connectivity index (χ4n) is 2.01. The van der Waals surface area contributed by atoms with Crippen molar-refractivity contribution in [3.8, 4) is 0 Å². The average Bonchev–Trinajstić information content (AvgIpc) is 2.55. The molecule has 2 rings (SSSR count). The highest BCUT2D eigenvalue weighted by molar-refractivity contribution is 7.99. The minimum Gasteiger partial charge on any atom is -0.316 e. The maximum atomic E-state index is 4.47. The molecular formula is C13H19N5S.